The van der Waals surface area contributed by atoms with Crippen LogP contribution in [0.1, 0.15) is 39.9 Å². The van der Waals surface area contributed by atoms with Gasteiger partial charge in [0.2, 0.25) is 5.91 Å². The normalized spacial score (nSPS) is 18.5. The molecule has 1 saturated heterocycles. The number of aromatic amines is 1. The lowest BCUT2D eigenvalue weighted by atomic mass is 9.97. The highest BCUT2D eigenvalue weighted by atomic mass is 32.1. The van der Waals surface area contributed by atoms with Gasteiger partial charge in [0.25, 0.3) is 0 Å². The predicted octanol–water partition coefficient (Wildman–Crippen LogP) is 1.69. The second-order valence-corrected chi connectivity index (χ2v) is 6.83. The number of carboxylic acids is 1. The summed E-state index contributed by atoms with van der Waals surface area (Å²) in [7, 11) is 0. The Kier molecular flexibility index (Phi) is 4.91. The molecule has 8 nitrogen and oxygen atoms in total. The van der Waals surface area contributed by atoms with Crippen LogP contribution in [-0.2, 0) is 4.79 Å². The Morgan fingerprint density at radius 3 is 3.04 bits per heavy atom. The average Bonchev–Trinajstić information content (AvgIpc) is 3.17. The van der Waals surface area contributed by atoms with Gasteiger partial charge in [-0.15, -0.1) is 0 Å². The minimum atomic E-state index is -1.03. The van der Waals surface area contributed by atoms with E-state index in [0.717, 1.165) is 43.1 Å². The zero-order chi connectivity index (χ0) is 17.1. The van der Waals surface area contributed by atoms with E-state index in [9.17, 15) is 9.59 Å². The number of carbonyl (C=O) groups is 2. The van der Waals surface area contributed by atoms with E-state index in [4.69, 9.17) is 5.11 Å². The molecule has 1 amide bonds. The van der Waals surface area contributed by atoms with Crippen molar-refractivity contribution in [3.05, 3.63) is 28.8 Å². The minimum Gasteiger partial charge on any atom is -0.477 e. The van der Waals surface area contributed by atoms with Crippen molar-refractivity contribution in [3.63, 3.8) is 0 Å². The van der Waals surface area contributed by atoms with E-state index >= 15 is 0 Å². The van der Waals surface area contributed by atoms with Crippen molar-refractivity contribution in [3.8, 4) is 0 Å². The van der Waals surface area contributed by atoms with Crippen LogP contribution in [-0.4, -0.2) is 56.5 Å². The highest BCUT2D eigenvalue weighted by Gasteiger charge is 2.24. The molecule has 1 atom stereocenters. The molecule has 2 aromatic heterocycles. The van der Waals surface area contributed by atoms with Gasteiger partial charge in [0.1, 0.15) is 10.7 Å². The van der Waals surface area contributed by atoms with Crippen LogP contribution in [0.25, 0.3) is 0 Å². The van der Waals surface area contributed by atoms with Crippen molar-refractivity contribution in [1.29, 1.82) is 0 Å². The number of amides is 1. The number of carboxylic acid groups (broad SMARTS) is 1. The standard InChI is InChI=1S/C15H19N5O3S/c1-9-12(14(22)23)24-15(18-9)19-11(21)8-20-6-2-3-10(7-20)13-16-4-5-17-13/h4-5,10H,2-3,6-8H2,1H3,(H,16,17)(H,22,23)(H,18,19,21). The molecular weight excluding hydrogens is 330 g/mol. The van der Waals surface area contributed by atoms with Crippen molar-refractivity contribution < 1.29 is 14.7 Å². The topological polar surface area (TPSA) is 111 Å². The van der Waals surface area contributed by atoms with E-state index in [1.807, 2.05) is 6.20 Å². The van der Waals surface area contributed by atoms with Crippen LogP contribution in [0.15, 0.2) is 12.4 Å². The first-order chi connectivity index (χ1) is 11.5. The molecule has 0 radical (unpaired) electrons. The van der Waals surface area contributed by atoms with Crippen molar-refractivity contribution in [2.75, 3.05) is 25.0 Å². The number of likely N-dealkylation sites (tertiary alicyclic amines) is 1. The van der Waals surface area contributed by atoms with Crippen LogP contribution in [0.2, 0.25) is 0 Å². The van der Waals surface area contributed by atoms with E-state index in [1.54, 1.807) is 13.1 Å². The monoisotopic (exact) mass is 349 g/mol. The average molecular weight is 349 g/mol. The van der Waals surface area contributed by atoms with E-state index in [-0.39, 0.29) is 17.3 Å². The molecule has 0 aromatic carbocycles. The second kappa shape index (κ2) is 7.10. The zero-order valence-corrected chi connectivity index (χ0v) is 14.1. The Balaban J connectivity index is 1.56. The molecule has 0 saturated carbocycles. The van der Waals surface area contributed by atoms with Crippen molar-refractivity contribution >= 4 is 28.3 Å². The minimum absolute atomic E-state index is 0.154. The van der Waals surface area contributed by atoms with Crippen molar-refractivity contribution in [2.45, 2.75) is 25.7 Å². The van der Waals surface area contributed by atoms with E-state index < -0.39 is 5.97 Å². The third kappa shape index (κ3) is 3.80. The number of imidazole rings is 1. The number of aryl methyl sites for hydroxylation is 1. The summed E-state index contributed by atoms with van der Waals surface area (Å²) in [6.45, 7) is 3.52. The number of thiazole rings is 1. The van der Waals surface area contributed by atoms with Gasteiger partial charge in [0.15, 0.2) is 5.13 Å². The first kappa shape index (κ1) is 16.6. The van der Waals surface area contributed by atoms with Gasteiger partial charge >= 0.3 is 5.97 Å². The predicted molar refractivity (Wildman–Crippen MR) is 89.4 cm³/mol. The summed E-state index contributed by atoms with van der Waals surface area (Å²) in [4.78, 5) is 37.0. The first-order valence-electron chi connectivity index (χ1n) is 7.75. The van der Waals surface area contributed by atoms with Gasteiger partial charge in [-0.25, -0.2) is 14.8 Å². The van der Waals surface area contributed by atoms with Crippen LogP contribution < -0.4 is 5.32 Å². The smallest absolute Gasteiger partial charge is 0.347 e. The molecule has 0 aliphatic carbocycles. The molecule has 24 heavy (non-hydrogen) atoms. The number of aromatic carboxylic acids is 1. The maximum absolute atomic E-state index is 12.2. The third-order valence-electron chi connectivity index (χ3n) is 4.02. The summed E-state index contributed by atoms with van der Waals surface area (Å²) < 4.78 is 0. The SMILES string of the molecule is Cc1nc(NC(=O)CN2CCCC(c3ncc[nH]3)C2)sc1C(=O)O. The van der Waals surface area contributed by atoms with E-state index in [2.05, 4.69) is 25.2 Å². The van der Waals surface area contributed by atoms with Gasteiger partial charge in [-0.05, 0) is 26.3 Å². The van der Waals surface area contributed by atoms with Gasteiger partial charge in [0.05, 0.1) is 12.2 Å². The summed E-state index contributed by atoms with van der Waals surface area (Å²) in [5.74, 6) is 0.0626. The molecule has 3 N–H and O–H groups in total. The molecule has 3 rings (SSSR count). The fraction of sp³-hybridized carbons (Fsp3) is 0.467. The van der Waals surface area contributed by atoms with Gasteiger partial charge in [-0.1, -0.05) is 11.3 Å². The first-order valence-corrected chi connectivity index (χ1v) is 8.57. The molecule has 0 bridgehead atoms. The maximum atomic E-state index is 12.2. The number of H-pyrrole nitrogens is 1. The number of aromatic nitrogens is 3. The molecule has 1 fully saturated rings. The molecule has 2 aromatic rings. The Morgan fingerprint density at radius 2 is 2.38 bits per heavy atom. The molecule has 1 aliphatic heterocycles. The van der Waals surface area contributed by atoms with Crippen molar-refractivity contribution in [2.24, 2.45) is 0 Å². The number of anilines is 1. The highest BCUT2D eigenvalue weighted by Crippen LogP contribution is 2.25. The number of nitrogens with zero attached hydrogens (tertiary/aromatic N) is 3. The molecule has 128 valence electrons. The zero-order valence-electron chi connectivity index (χ0n) is 13.3. The Morgan fingerprint density at radius 1 is 1.54 bits per heavy atom. The number of nitrogens with one attached hydrogen (secondary N) is 2. The number of piperidine rings is 1. The Bertz CT molecular complexity index is 728. The van der Waals surface area contributed by atoms with Crippen LogP contribution >= 0.6 is 11.3 Å². The molecule has 1 aliphatic rings. The van der Waals surface area contributed by atoms with Crippen LogP contribution in [0.3, 0.4) is 0 Å². The highest BCUT2D eigenvalue weighted by molar-refractivity contribution is 7.17. The lowest BCUT2D eigenvalue weighted by Gasteiger charge is -2.31. The van der Waals surface area contributed by atoms with Crippen LogP contribution in [0, 0.1) is 6.92 Å². The molecule has 3 heterocycles. The summed E-state index contributed by atoms with van der Waals surface area (Å²) in [6.07, 6.45) is 5.62. The summed E-state index contributed by atoms with van der Waals surface area (Å²) in [6, 6.07) is 0. The van der Waals surface area contributed by atoms with E-state index in [1.165, 1.54) is 0 Å². The Labute approximate surface area is 142 Å². The van der Waals surface area contributed by atoms with Crippen LogP contribution in [0.4, 0.5) is 5.13 Å². The largest absolute Gasteiger partial charge is 0.477 e. The van der Waals surface area contributed by atoms with Gasteiger partial charge in [-0.2, -0.15) is 0 Å². The molecule has 1 unspecified atom stereocenters. The molecule has 9 heteroatoms. The number of rotatable bonds is 5. The maximum Gasteiger partial charge on any atom is 0.347 e. The fourth-order valence-electron chi connectivity index (χ4n) is 2.93. The van der Waals surface area contributed by atoms with Gasteiger partial charge < -0.3 is 15.4 Å². The quantitative estimate of drug-likeness (QED) is 0.757. The lowest BCUT2D eigenvalue weighted by Crippen LogP contribution is -2.40. The fourth-order valence-corrected chi connectivity index (χ4v) is 3.75. The van der Waals surface area contributed by atoms with Gasteiger partial charge in [0, 0.05) is 24.9 Å². The van der Waals surface area contributed by atoms with E-state index in [0.29, 0.717) is 16.7 Å². The molecule has 0 spiro atoms. The third-order valence-corrected chi connectivity index (χ3v) is 5.08. The molecular formula is C15H19N5O3S. The summed E-state index contributed by atoms with van der Waals surface area (Å²) in [5, 5.41) is 12.1. The lowest BCUT2D eigenvalue weighted by molar-refractivity contribution is -0.117. The van der Waals surface area contributed by atoms with Gasteiger partial charge in [-0.3, -0.25) is 9.69 Å². The second-order valence-electron chi connectivity index (χ2n) is 5.84. The number of carbonyl (C=O) groups excluding carboxylic acids is 1. The summed E-state index contributed by atoms with van der Waals surface area (Å²) >= 11 is 0.980. The Hall–Kier alpha value is -2.26. The summed E-state index contributed by atoms with van der Waals surface area (Å²) in [5.41, 5.74) is 0.415. The number of hydrogen-bond donors (Lipinski definition) is 3. The number of hydrogen-bond acceptors (Lipinski definition) is 6. The van der Waals surface area contributed by atoms with Crippen molar-refractivity contribution in [1.82, 2.24) is 19.9 Å². The van der Waals surface area contributed by atoms with Crippen LogP contribution in [0.5, 0.6) is 0 Å².